The Kier molecular flexibility index (Phi) is 7.52. The van der Waals surface area contributed by atoms with E-state index in [-0.39, 0.29) is 24.4 Å². The third-order valence-electron chi connectivity index (χ3n) is 1.55. The van der Waals surface area contributed by atoms with E-state index in [4.69, 9.17) is 17.3 Å². The van der Waals surface area contributed by atoms with Gasteiger partial charge in [0, 0.05) is 7.11 Å². The Labute approximate surface area is 86.7 Å². The number of rotatable bonds is 7. The van der Waals surface area contributed by atoms with Crippen molar-refractivity contribution in [3.05, 3.63) is 0 Å². The monoisotopic (exact) mass is 199 g/mol. The molecule has 1 atom stereocenters. The van der Waals surface area contributed by atoms with Crippen LogP contribution in [0.3, 0.4) is 0 Å². The Morgan fingerprint density at radius 2 is 2.07 bits per heavy atom. The molecule has 0 aliphatic heterocycles. The fourth-order valence-electron chi connectivity index (χ4n) is 0.928. The van der Waals surface area contributed by atoms with Crippen molar-refractivity contribution in [2.24, 2.45) is 0 Å². The van der Waals surface area contributed by atoms with Crippen LogP contribution in [0.25, 0.3) is 0 Å². The van der Waals surface area contributed by atoms with Gasteiger partial charge in [-0.25, -0.2) is 0 Å². The summed E-state index contributed by atoms with van der Waals surface area (Å²) in [5.41, 5.74) is 0. The van der Waals surface area contributed by atoms with E-state index in [1.54, 1.807) is 7.11 Å². The van der Waals surface area contributed by atoms with Crippen LogP contribution in [0.1, 0.15) is 13.8 Å². The summed E-state index contributed by atoms with van der Waals surface area (Å²) in [6.45, 7) is 4.75. The first-order valence-electron chi connectivity index (χ1n) is 4.70. The molecule has 0 heterocycles. The summed E-state index contributed by atoms with van der Waals surface area (Å²) < 4.78 is 10.3. The average molecular weight is 199 g/mol. The third-order valence-corrected chi connectivity index (χ3v) is 1.55. The molecule has 0 aromatic heterocycles. The second kappa shape index (κ2) is 7.82. The Morgan fingerprint density at radius 1 is 1.43 bits per heavy atom. The summed E-state index contributed by atoms with van der Waals surface area (Å²) in [6.07, 6.45) is 0.131. The fraction of sp³-hybridized carbons (Fsp3) is 0.889. The summed E-state index contributed by atoms with van der Waals surface area (Å²) in [5.74, 6) is -0.195. The first kappa shape index (κ1) is 13.5. The Bertz CT molecular complexity index is 164. The number of hydrogen-bond donors (Lipinski definition) is 1. The molecule has 4 nitrogen and oxygen atoms in total. The molecule has 0 saturated carbocycles. The van der Waals surface area contributed by atoms with Gasteiger partial charge in [0.15, 0.2) is 0 Å². The lowest BCUT2D eigenvalue weighted by atomic mass is 10.0. The highest BCUT2D eigenvalue weighted by molar-refractivity contribution is 6.19. The second-order valence-electron chi connectivity index (χ2n) is 3.31. The van der Waals surface area contributed by atoms with Gasteiger partial charge in [-0.15, -0.1) is 0 Å². The van der Waals surface area contributed by atoms with Crippen LogP contribution in [0.2, 0.25) is 6.32 Å². The fourth-order valence-corrected chi connectivity index (χ4v) is 0.928. The maximum atomic E-state index is 11.0. The van der Waals surface area contributed by atoms with Gasteiger partial charge in [-0.2, -0.15) is 0 Å². The van der Waals surface area contributed by atoms with E-state index in [1.165, 1.54) is 0 Å². The predicted octanol–water partition coefficient (Wildman–Crippen LogP) is 0.129. The van der Waals surface area contributed by atoms with E-state index in [0.29, 0.717) is 13.2 Å². The van der Waals surface area contributed by atoms with Gasteiger partial charge >= 0.3 is 0 Å². The molecule has 0 rings (SSSR count). The lowest BCUT2D eigenvalue weighted by molar-refractivity contribution is -0.120. The van der Waals surface area contributed by atoms with Gasteiger partial charge in [0.25, 0.3) is 0 Å². The number of methoxy groups -OCH3 is 1. The molecule has 1 N–H and O–H groups in total. The number of nitrogens with one attached hydrogen (secondary N) is 1. The number of ether oxygens (including phenoxy) is 2. The molecule has 0 aliphatic rings. The highest BCUT2D eigenvalue weighted by Crippen LogP contribution is 1.93. The SMILES string of the molecule is [B]CC(=O)N[C@@H](COC)COC(C)C. The van der Waals surface area contributed by atoms with Crippen LogP contribution in [0.15, 0.2) is 0 Å². The van der Waals surface area contributed by atoms with Crippen molar-refractivity contribution in [3.63, 3.8) is 0 Å². The van der Waals surface area contributed by atoms with Crippen molar-refractivity contribution in [2.75, 3.05) is 20.3 Å². The second-order valence-corrected chi connectivity index (χ2v) is 3.31. The largest absolute Gasteiger partial charge is 0.382 e. The van der Waals surface area contributed by atoms with Crippen LogP contribution < -0.4 is 5.32 Å². The molecular formula is C9H18BNO3. The van der Waals surface area contributed by atoms with Gasteiger partial charge in [0.2, 0.25) is 5.91 Å². The van der Waals surface area contributed by atoms with Gasteiger partial charge in [-0.1, -0.05) is 0 Å². The molecule has 0 saturated heterocycles. The molecular weight excluding hydrogens is 181 g/mol. The van der Waals surface area contributed by atoms with Gasteiger partial charge in [0.1, 0.15) is 0 Å². The molecule has 2 radical (unpaired) electrons. The molecule has 0 fully saturated rings. The quantitative estimate of drug-likeness (QED) is 0.593. The van der Waals surface area contributed by atoms with Gasteiger partial charge in [-0.05, 0) is 20.2 Å². The van der Waals surface area contributed by atoms with E-state index < -0.39 is 0 Å². The lowest BCUT2D eigenvalue weighted by Gasteiger charge is -2.19. The summed E-state index contributed by atoms with van der Waals surface area (Å²) in [4.78, 5) is 11.0. The first-order valence-corrected chi connectivity index (χ1v) is 4.70. The van der Waals surface area contributed by atoms with Crippen molar-refractivity contribution >= 4 is 13.8 Å². The highest BCUT2D eigenvalue weighted by Gasteiger charge is 2.11. The van der Waals surface area contributed by atoms with Gasteiger partial charge in [-0.3, -0.25) is 4.79 Å². The lowest BCUT2D eigenvalue weighted by Crippen LogP contribution is -2.41. The highest BCUT2D eigenvalue weighted by atomic mass is 16.5. The molecule has 5 heteroatoms. The van der Waals surface area contributed by atoms with Crippen LogP contribution >= 0.6 is 0 Å². The van der Waals surface area contributed by atoms with Crippen LogP contribution in [-0.4, -0.2) is 46.2 Å². The Morgan fingerprint density at radius 3 is 2.50 bits per heavy atom. The van der Waals surface area contributed by atoms with Crippen LogP contribution in [-0.2, 0) is 14.3 Å². The summed E-state index contributed by atoms with van der Waals surface area (Å²) in [7, 11) is 6.76. The molecule has 0 aliphatic carbocycles. The zero-order valence-corrected chi connectivity index (χ0v) is 9.08. The van der Waals surface area contributed by atoms with Crippen molar-refractivity contribution in [2.45, 2.75) is 32.3 Å². The first-order chi connectivity index (χ1) is 6.60. The number of amides is 1. The molecule has 0 aromatic carbocycles. The summed E-state index contributed by atoms with van der Waals surface area (Å²) in [6, 6.07) is -0.126. The zero-order valence-electron chi connectivity index (χ0n) is 9.08. The van der Waals surface area contributed by atoms with E-state index in [0.717, 1.165) is 0 Å². The van der Waals surface area contributed by atoms with E-state index in [2.05, 4.69) is 5.32 Å². The molecule has 0 bridgehead atoms. The normalized spacial score (nSPS) is 12.9. The van der Waals surface area contributed by atoms with Gasteiger partial charge in [0.05, 0.1) is 33.2 Å². The molecule has 80 valence electrons. The zero-order chi connectivity index (χ0) is 11.0. The van der Waals surface area contributed by atoms with Crippen LogP contribution in [0.5, 0.6) is 0 Å². The van der Waals surface area contributed by atoms with Gasteiger partial charge < -0.3 is 14.8 Å². The maximum absolute atomic E-state index is 11.0. The maximum Gasteiger partial charge on any atom is 0.211 e. The molecule has 14 heavy (non-hydrogen) atoms. The van der Waals surface area contributed by atoms with E-state index in [9.17, 15) is 4.79 Å². The molecule has 0 unspecified atom stereocenters. The minimum Gasteiger partial charge on any atom is -0.382 e. The number of carbonyl (C=O) groups excluding carboxylic acids is 1. The van der Waals surface area contributed by atoms with Crippen molar-refractivity contribution < 1.29 is 14.3 Å². The summed E-state index contributed by atoms with van der Waals surface area (Å²) >= 11 is 0. The van der Waals surface area contributed by atoms with Crippen LogP contribution in [0, 0.1) is 0 Å². The Hall–Kier alpha value is -0.545. The van der Waals surface area contributed by atoms with Crippen molar-refractivity contribution in [3.8, 4) is 0 Å². The third kappa shape index (κ3) is 6.92. The van der Waals surface area contributed by atoms with Crippen molar-refractivity contribution in [1.29, 1.82) is 0 Å². The molecule has 0 spiro atoms. The topological polar surface area (TPSA) is 47.6 Å². The average Bonchev–Trinajstić information content (AvgIpc) is 2.14. The number of hydrogen-bond acceptors (Lipinski definition) is 3. The molecule has 1 amide bonds. The smallest absolute Gasteiger partial charge is 0.211 e. The minimum absolute atomic E-state index is 0.0120. The van der Waals surface area contributed by atoms with E-state index >= 15 is 0 Å². The van der Waals surface area contributed by atoms with Crippen LogP contribution in [0.4, 0.5) is 0 Å². The standard InChI is InChI=1S/C9H18BNO3/c1-7(2)14-6-8(5-13-3)11-9(12)4-10/h7-8H,4-6H2,1-3H3,(H,11,12)/t8-/m0/s1. The number of carbonyl (C=O) groups is 1. The molecule has 0 aromatic rings. The Balaban J connectivity index is 3.82. The van der Waals surface area contributed by atoms with Crippen molar-refractivity contribution in [1.82, 2.24) is 5.32 Å². The van der Waals surface area contributed by atoms with E-state index in [1.807, 2.05) is 13.8 Å². The predicted molar refractivity (Wildman–Crippen MR) is 55.5 cm³/mol. The summed E-state index contributed by atoms with van der Waals surface area (Å²) in [5, 5.41) is 2.71. The minimum atomic E-state index is -0.195.